The monoisotopic (exact) mass is 421 g/mol. The number of rotatable bonds is 10. The average molecular weight is 422 g/mol. The fourth-order valence-corrected chi connectivity index (χ4v) is 3.53. The van der Waals surface area contributed by atoms with Crippen molar-refractivity contribution in [1.82, 2.24) is 15.5 Å². The van der Waals surface area contributed by atoms with E-state index in [0.717, 1.165) is 5.56 Å². The van der Waals surface area contributed by atoms with Crippen LogP contribution in [0.3, 0.4) is 0 Å². The molecule has 1 unspecified atom stereocenters. The topological polar surface area (TPSA) is 138 Å². The standard InChI is InChI=1S/C19H27N5O4S/c1-14(23-11-16-6-4-15(10-20)5-7-16)18(25)24(3)12-17(22-2)28-13-19(8-9-19)29(21,26)27/h4-7,12,14,22-23H,8-9,11,13H2,1-3H3,(H2,21,26,27)/b17-12-. The summed E-state index contributed by atoms with van der Waals surface area (Å²) >= 11 is 0. The Morgan fingerprint density at radius 3 is 2.52 bits per heavy atom. The highest BCUT2D eigenvalue weighted by Gasteiger charge is 2.54. The molecular formula is C19H27N5O4S. The van der Waals surface area contributed by atoms with Crippen LogP contribution in [0.1, 0.15) is 30.9 Å². The van der Waals surface area contributed by atoms with Gasteiger partial charge in [-0.2, -0.15) is 5.26 Å². The van der Waals surface area contributed by atoms with E-state index < -0.39 is 20.8 Å². The molecule has 1 aliphatic carbocycles. The zero-order valence-electron chi connectivity index (χ0n) is 16.8. The third-order valence-corrected chi connectivity index (χ3v) is 6.61. The molecule has 9 nitrogen and oxygen atoms in total. The number of sulfonamides is 1. The van der Waals surface area contributed by atoms with Gasteiger partial charge in [0.1, 0.15) is 11.4 Å². The Hall–Kier alpha value is -2.61. The van der Waals surface area contributed by atoms with Gasteiger partial charge in [0, 0.05) is 20.6 Å². The number of primary sulfonamides is 1. The number of carbonyl (C=O) groups excluding carboxylic acids is 1. The number of likely N-dealkylation sites (N-methyl/N-ethyl adjacent to an activating group) is 1. The largest absolute Gasteiger partial charge is 0.476 e. The molecule has 10 heteroatoms. The SMILES string of the molecule is CN/C(=C/N(C)C(=O)C(C)NCc1ccc(C#N)cc1)OCC1(S(N)(=O)=O)CC1. The lowest BCUT2D eigenvalue weighted by molar-refractivity contribution is -0.129. The number of amides is 1. The number of carbonyl (C=O) groups is 1. The summed E-state index contributed by atoms with van der Waals surface area (Å²) in [5.74, 6) is 0.0812. The minimum atomic E-state index is -3.68. The Bertz CT molecular complexity index is 902. The van der Waals surface area contributed by atoms with Crippen LogP contribution in [-0.4, -0.2) is 50.7 Å². The van der Waals surface area contributed by atoms with E-state index in [2.05, 4.69) is 16.7 Å². The van der Waals surface area contributed by atoms with Gasteiger partial charge in [-0.15, -0.1) is 0 Å². The number of hydrogen-bond donors (Lipinski definition) is 3. The van der Waals surface area contributed by atoms with Crippen molar-refractivity contribution in [3.05, 3.63) is 47.5 Å². The van der Waals surface area contributed by atoms with Crippen LogP contribution in [0, 0.1) is 11.3 Å². The van der Waals surface area contributed by atoms with Gasteiger partial charge in [0.15, 0.2) is 0 Å². The molecule has 1 amide bonds. The van der Waals surface area contributed by atoms with E-state index in [1.54, 1.807) is 33.2 Å². The Balaban J connectivity index is 1.89. The first-order valence-electron chi connectivity index (χ1n) is 9.16. The predicted octanol–water partition coefficient (Wildman–Crippen LogP) is 0.351. The third-order valence-electron chi connectivity index (χ3n) is 4.87. The summed E-state index contributed by atoms with van der Waals surface area (Å²) in [4.78, 5) is 13.9. The van der Waals surface area contributed by atoms with Crippen LogP contribution in [0.2, 0.25) is 0 Å². The molecule has 1 aromatic carbocycles. The van der Waals surface area contributed by atoms with Crippen molar-refractivity contribution in [2.75, 3.05) is 20.7 Å². The van der Waals surface area contributed by atoms with Crippen molar-refractivity contribution >= 4 is 15.9 Å². The summed E-state index contributed by atoms with van der Waals surface area (Å²) in [6.45, 7) is 2.16. The van der Waals surface area contributed by atoms with E-state index in [9.17, 15) is 13.2 Å². The Morgan fingerprint density at radius 1 is 1.41 bits per heavy atom. The van der Waals surface area contributed by atoms with Crippen LogP contribution in [0.4, 0.5) is 0 Å². The molecule has 1 saturated carbocycles. The van der Waals surface area contributed by atoms with Crippen molar-refractivity contribution in [2.24, 2.45) is 5.14 Å². The smallest absolute Gasteiger partial charge is 0.243 e. The lowest BCUT2D eigenvalue weighted by atomic mass is 10.1. The molecule has 1 aromatic rings. The Labute approximate surface area is 171 Å². The fraction of sp³-hybridized carbons (Fsp3) is 0.474. The average Bonchev–Trinajstić information content (AvgIpc) is 3.50. The summed E-state index contributed by atoms with van der Waals surface area (Å²) in [7, 11) is -0.469. The molecule has 0 aromatic heterocycles. The van der Waals surface area contributed by atoms with Gasteiger partial charge in [-0.3, -0.25) is 4.79 Å². The number of nitrogens with one attached hydrogen (secondary N) is 2. The summed E-state index contributed by atoms with van der Waals surface area (Å²) in [6.07, 6.45) is 2.41. The van der Waals surface area contributed by atoms with Crippen LogP contribution in [0.15, 0.2) is 36.3 Å². The van der Waals surface area contributed by atoms with Crippen LogP contribution >= 0.6 is 0 Å². The van der Waals surface area contributed by atoms with Crippen LogP contribution < -0.4 is 15.8 Å². The lowest BCUT2D eigenvalue weighted by Gasteiger charge is -2.21. The van der Waals surface area contributed by atoms with Crippen LogP contribution in [0.5, 0.6) is 0 Å². The minimum absolute atomic E-state index is 0.0625. The number of ether oxygens (including phenoxy) is 1. The van der Waals surface area contributed by atoms with Gasteiger partial charge in [-0.1, -0.05) is 12.1 Å². The normalized spacial score (nSPS) is 16.4. The summed E-state index contributed by atoms with van der Waals surface area (Å²) in [5, 5.41) is 20.0. The first-order valence-corrected chi connectivity index (χ1v) is 10.7. The molecule has 0 aliphatic heterocycles. The maximum Gasteiger partial charge on any atom is 0.243 e. The predicted molar refractivity (Wildman–Crippen MR) is 108 cm³/mol. The van der Waals surface area contributed by atoms with Crippen molar-refractivity contribution in [3.8, 4) is 6.07 Å². The quantitative estimate of drug-likeness (QED) is 0.464. The van der Waals surface area contributed by atoms with E-state index in [1.165, 1.54) is 11.1 Å². The van der Waals surface area contributed by atoms with Crippen LogP contribution in [0.25, 0.3) is 0 Å². The maximum atomic E-state index is 12.6. The Kier molecular flexibility index (Phi) is 7.24. The number of hydrogen-bond acceptors (Lipinski definition) is 7. The zero-order valence-corrected chi connectivity index (χ0v) is 17.6. The van der Waals surface area contributed by atoms with E-state index in [0.29, 0.717) is 24.9 Å². The molecule has 4 N–H and O–H groups in total. The highest BCUT2D eigenvalue weighted by Crippen LogP contribution is 2.42. The van der Waals surface area contributed by atoms with Crippen molar-refractivity contribution in [1.29, 1.82) is 5.26 Å². The maximum absolute atomic E-state index is 12.6. The van der Waals surface area contributed by atoms with Crippen molar-refractivity contribution < 1.29 is 17.9 Å². The Morgan fingerprint density at radius 2 is 2.03 bits per heavy atom. The highest BCUT2D eigenvalue weighted by molar-refractivity contribution is 7.90. The molecule has 158 valence electrons. The number of nitrogens with two attached hydrogens (primary N) is 1. The van der Waals surface area contributed by atoms with Crippen molar-refractivity contribution in [3.63, 3.8) is 0 Å². The second-order valence-electron chi connectivity index (χ2n) is 7.12. The number of nitrogens with zero attached hydrogens (tertiary/aromatic N) is 2. The zero-order chi connectivity index (χ0) is 21.7. The molecule has 1 fully saturated rings. The van der Waals surface area contributed by atoms with E-state index in [4.69, 9.17) is 15.1 Å². The van der Waals surface area contributed by atoms with Crippen LogP contribution in [-0.2, 0) is 26.1 Å². The molecule has 1 aliphatic rings. The summed E-state index contributed by atoms with van der Waals surface area (Å²) in [5.41, 5.74) is 1.54. The minimum Gasteiger partial charge on any atom is -0.476 e. The number of benzene rings is 1. The second-order valence-corrected chi connectivity index (χ2v) is 9.08. The lowest BCUT2D eigenvalue weighted by Crippen LogP contribution is -2.41. The van der Waals surface area contributed by atoms with Crippen molar-refractivity contribution in [2.45, 2.75) is 37.1 Å². The molecule has 0 bridgehead atoms. The van der Waals surface area contributed by atoms with Gasteiger partial charge in [0.05, 0.1) is 23.9 Å². The molecule has 0 saturated heterocycles. The molecular weight excluding hydrogens is 394 g/mol. The van der Waals surface area contributed by atoms with E-state index in [-0.39, 0.29) is 18.4 Å². The molecule has 2 rings (SSSR count). The van der Waals surface area contributed by atoms with E-state index >= 15 is 0 Å². The van der Waals surface area contributed by atoms with Gasteiger partial charge >= 0.3 is 0 Å². The first-order chi connectivity index (χ1) is 13.6. The molecule has 0 heterocycles. The number of nitriles is 1. The van der Waals surface area contributed by atoms with Gasteiger partial charge in [-0.25, -0.2) is 13.6 Å². The molecule has 0 radical (unpaired) electrons. The fourth-order valence-electron chi connectivity index (χ4n) is 2.63. The van der Waals surface area contributed by atoms with Gasteiger partial charge in [0.25, 0.3) is 0 Å². The first kappa shape index (κ1) is 22.7. The highest BCUT2D eigenvalue weighted by atomic mass is 32.2. The van der Waals surface area contributed by atoms with Gasteiger partial charge in [0.2, 0.25) is 21.8 Å². The third kappa shape index (κ3) is 5.93. The van der Waals surface area contributed by atoms with Gasteiger partial charge < -0.3 is 20.3 Å². The molecule has 0 spiro atoms. The summed E-state index contributed by atoms with van der Waals surface area (Å²) < 4.78 is 27.8. The van der Waals surface area contributed by atoms with E-state index in [1.807, 2.05) is 12.1 Å². The van der Waals surface area contributed by atoms with Gasteiger partial charge in [-0.05, 0) is 37.5 Å². The molecule has 29 heavy (non-hydrogen) atoms. The second kappa shape index (κ2) is 9.26. The summed E-state index contributed by atoms with van der Waals surface area (Å²) in [6, 6.07) is 8.71. The molecule has 1 atom stereocenters.